The van der Waals surface area contributed by atoms with Crippen molar-refractivity contribution < 1.29 is 4.79 Å². The molecule has 3 rings (SSSR count). The highest BCUT2D eigenvalue weighted by molar-refractivity contribution is 7.16. The monoisotopic (exact) mass is 287 g/mol. The highest BCUT2D eigenvalue weighted by Crippen LogP contribution is 2.30. The molecule has 5 heteroatoms. The minimum Gasteiger partial charge on any atom is -0.398 e. The molecule has 0 saturated carbocycles. The largest absolute Gasteiger partial charge is 0.398 e. The van der Waals surface area contributed by atoms with Crippen molar-refractivity contribution in [2.45, 2.75) is 33.1 Å². The van der Waals surface area contributed by atoms with Gasteiger partial charge in [-0.2, -0.15) is 0 Å². The predicted octanol–water partition coefficient (Wildman–Crippen LogP) is 3.08. The second-order valence-electron chi connectivity index (χ2n) is 5.22. The normalized spacial score (nSPS) is 13.3. The number of carbonyl (C=O) groups excluding carboxylic acids is 1. The fourth-order valence-corrected chi connectivity index (χ4v) is 3.57. The van der Waals surface area contributed by atoms with Crippen LogP contribution < -0.4 is 11.1 Å². The topological polar surface area (TPSA) is 68.0 Å². The molecule has 1 aromatic carbocycles. The lowest BCUT2D eigenvalue weighted by atomic mass is 10.0. The molecular weight excluding hydrogens is 270 g/mol. The lowest BCUT2D eigenvalue weighted by molar-refractivity contribution is 0.102. The molecule has 20 heavy (non-hydrogen) atoms. The van der Waals surface area contributed by atoms with Gasteiger partial charge in [-0.05, 0) is 50.3 Å². The first-order valence-corrected chi connectivity index (χ1v) is 7.53. The molecule has 0 radical (unpaired) electrons. The third kappa shape index (κ3) is 2.29. The zero-order chi connectivity index (χ0) is 14.3. The third-order valence-corrected chi connectivity index (χ3v) is 4.75. The lowest BCUT2D eigenvalue weighted by Gasteiger charge is -2.09. The zero-order valence-electron chi connectivity index (χ0n) is 11.6. The number of rotatable bonds is 2. The maximum absolute atomic E-state index is 12.3. The van der Waals surface area contributed by atoms with Gasteiger partial charge in [0.15, 0.2) is 5.13 Å². The minimum absolute atomic E-state index is 0.137. The Morgan fingerprint density at radius 1 is 1.30 bits per heavy atom. The highest BCUT2D eigenvalue weighted by Gasteiger charge is 2.19. The fraction of sp³-hybridized carbons (Fsp3) is 0.333. The number of nitrogens with two attached hydrogens (primary N) is 1. The summed E-state index contributed by atoms with van der Waals surface area (Å²) < 4.78 is 0. The predicted molar refractivity (Wildman–Crippen MR) is 82.4 cm³/mol. The maximum Gasteiger partial charge on any atom is 0.257 e. The highest BCUT2D eigenvalue weighted by atomic mass is 32.1. The lowest BCUT2D eigenvalue weighted by Crippen LogP contribution is -2.14. The first kappa shape index (κ1) is 13.1. The molecular formula is C15H17N3OS. The van der Waals surface area contributed by atoms with Crippen LogP contribution in [-0.4, -0.2) is 10.9 Å². The van der Waals surface area contributed by atoms with Gasteiger partial charge in [0.25, 0.3) is 5.91 Å². The Kier molecular flexibility index (Phi) is 3.22. The summed E-state index contributed by atoms with van der Waals surface area (Å²) in [6.45, 7) is 3.86. The summed E-state index contributed by atoms with van der Waals surface area (Å²) in [5.41, 5.74) is 10.2. The van der Waals surface area contributed by atoms with E-state index in [2.05, 4.69) is 10.3 Å². The summed E-state index contributed by atoms with van der Waals surface area (Å²) >= 11 is 1.58. The molecule has 3 N–H and O–H groups in total. The summed E-state index contributed by atoms with van der Waals surface area (Å²) in [6.07, 6.45) is 3.29. The average Bonchev–Trinajstić information content (AvgIpc) is 2.94. The van der Waals surface area contributed by atoms with Crippen LogP contribution in [-0.2, 0) is 12.8 Å². The van der Waals surface area contributed by atoms with E-state index in [1.807, 2.05) is 19.9 Å². The molecule has 0 bridgehead atoms. The SMILES string of the molecule is Cc1cc(C)c(C(=O)Nc2nc3c(s2)CCC3)cc1N. The number of aryl methyl sites for hydroxylation is 4. The zero-order valence-corrected chi connectivity index (χ0v) is 12.4. The molecule has 4 nitrogen and oxygen atoms in total. The molecule has 0 spiro atoms. The summed E-state index contributed by atoms with van der Waals surface area (Å²) in [6, 6.07) is 3.67. The van der Waals surface area contributed by atoms with Crippen molar-refractivity contribution in [1.29, 1.82) is 0 Å². The van der Waals surface area contributed by atoms with E-state index in [1.54, 1.807) is 17.4 Å². The van der Waals surface area contributed by atoms with Crippen molar-refractivity contribution in [3.8, 4) is 0 Å². The number of nitrogens with zero attached hydrogens (tertiary/aromatic N) is 1. The molecule has 1 aliphatic carbocycles. The van der Waals surface area contributed by atoms with Crippen molar-refractivity contribution in [1.82, 2.24) is 4.98 Å². The standard InChI is InChI=1S/C15H17N3OS/c1-8-6-9(2)11(16)7-10(8)14(19)18-15-17-12-4-3-5-13(12)20-15/h6-7H,3-5,16H2,1-2H3,(H,17,18,19). The number of thiazole rings is 1. The minimum atomic E-state index is -0.137. The third-order valence-electron chi connectivity index (χ3n) is 3.67. The Hall–Kier alpha value is -1.88. The molecule has 1 aliphatic rings. The van der Waals surface area contributed by atoms with E-state index in [0.717, 1.165) is 29.7 Å². The second-order valence-corrected chi connectivity index (χ2v) is 6.30. The van der Waals surface area contributed by atoms with Gasteiger partial charge in [0.05, 0.1) is 5.69 Å². The van der Waals surface area contributed by atoms with Gasteiger partial charge < -0.3 is 5.73 Å². The van der Waals surface area contributed by atoms with Gasteiger partial charge >= 0.3 is 0 Å². The number of anilines is 2. The number of amides is 1. The van der Waals surface area contributed by atoms with Crippen LogP contribution in [0.2, 0.25) is 0 Å². The molecule has 1 heterocycles. The first-order valence-electron chi connectivity index (χ1n) is 6.71. The molecule has 0 unspecified atom stereocenters. The summed E-state index contributed by atoms with van der Waals surface area (Å²) in [5, 5.41) is 3.58. The molecule has 1 amide bonds. The van der Waals surface area contributed by atoms with E-state index in [0.29, 0.717) is 16.4 Å². The average molecular weight is 287 g/mol. The Morgan fingerprint density at radius 3 is 2.85 bits per heavy atom. The smallest absolute Gasteiger partial charge is 0.257 e. The van der Waals surface area contributed by atoms with Crippen molar-refractivity contribution in [3.63, 3.8) is 0 Å². The van der Waals surface area contributed by atoms with Crippen molar-refractivity contribution >= 4 is 28.1 Å². The quantitative estimate of drug-likeness (QED) is 0.834. The van der Waals surface area contributed by atoms with Crippen LogP contribution in [0, 0.1) is 13.8 Å². The summed E-state index contributed by atoms with van der Waals surface area (Å²) in [4.78, 5) is 18.1. The number of aromatic nitrogens is 1. The van der Waals surface area contributed by atoms with E-state index in [4.69, 9.17) is 5.73 Å². The number of carbonyl (C=O) groups is 1. The molecule has 0 saturated heterocycles. The number of hydrogen-bond donors (Lipinski definition) is 2. The van der Waals surface area contributed by atoms with Crippen LogP contribution >= 0.6 is 11.3 Å². The first-order chi connectivity index (χ1) is 9.54. The fourth-order valence-electron chi connectivity index (χ4n) is 2.52. The number of fused-ring (bicyclic) bond motifs is 1. The van der Waals surface area contributed by atoms with E-state index >= 15 is 0 Å². The van der Waals surface area contributed by atoms with Gasteiger partial charge in [0.1, 0.15) is 0 Å². The van der Waals surface area contributed by atoms with Crippen molar-refractivity contribution in [3.05, 3.63) is 39.4 Å². The Labute approximate surface area is 122 Å². The number of nitrogen functional groups attached to an aromatic ring is 1. The van der Waals surface area contributed by atoms with Crippen LogP contribution in [0.3, 0.4) is 0 Å². The maximum atomic E-state index is 12.3. The van der Waals surface area contributed by atoms with Crippen LogP contribution in [0.25, 0.3) is 0 Å². The molecule has 2 aromatic rings. The molecule has 0 fully saturated rings. The molecule has 1 aromatic heterocycles. The van der Waals surface area contributed by atoms with Gasteiger partial charge in [-0.1, -0.05) is 6.07 Å². The summed E-state index contributed by atoms with van der Waals surface area (Å²) in [5.74, 6) is -0.137. The van der Waals surface area contributed by atoms with Gasteiger partial charge in [-0.25, -0.2) is 4.98 Å². The number of benzene rings is 1. The van der Waals surface area contributed by atoms with E-state index in [9.17, 15) is 4.79 Å². The Morgan fingerprint density at radius 2 is 2.10 bits per heavy atom. The number of nitrogens with one attached hydrogen (secondary N) is 1. The van der Waals surface area contributed by atoms with Gasteiger partial charge in [-0.15, -0.1) is 11.3 Å². The Balaban J connectivity index is 1.84. The van der Waals surface area contributed by atoms with Crippen LogP contribution in [0.15, 0.2) is 12.1 Å². The van der Waals surface area contributed by atoms with Gasteiger partial charge in [0, 0.05) is 16.1 Å². The van der Waals surface area contributed by atoms with Gasteiger partial charge in [0.2, 0.25) is 0 Å². The Bertz CT molecular complexity index is 669. The van der Waals surface area contributed by atoms with Crippen LogP contribution in [0.1, 0.15) is 38.5 Å². The number of hydrogen-bond acceptors (Lipinski definition) is 4. The van der Waals surface area contributed by atoms with Crippen molar-refractivity contribution in [2.75, 3.05) is 11.1 Å². The van der Waals surface area contributed by atoms with Crippen molar-refractivity contribution in [2.24, 2.45) is 0 Å². The molecule has 104 valence electrons. The second kappa shape index (κ2) is 4.90. The van der Waals surface area contributed by atoms with E-state index in [-0.39, 0.29) is 5.91 Å². The van der Waals surface area contributed by atoms with Gasteiger partial charge in [-0.3, -0.25) is 10.1 Å². The molecule has 0 aliphatic heterocycles. The molecule has 0 atom stereocenters. The summed E-state index contributed by atoms with van der Waals surface area (Å²) in [7, 11) is 0. The van der Waals surface area contributed by atoms with Crippen LogP contribution in [0.5, 0.6) is 0 Å². The van der Waals surface area contributed by atoms with E-state index < -0.39 is 0 Å². The van der Waals surface area contributed by atoms with Crippen LogP contribution in [0.4, 0.5) is 10.8 Å². The van der Waals surface area contributed by atoms with E-state index in [1.165, 1.54) is 11.3 Å².